The van der Waals surface area contributed by atoms with Crippen molar-refractivity contribution in [1.29, 1.82) is 0 Å². The molecule has 0 aliphatic rings. The fourth-order valence-electron chi connectivity index (χ4n) is 1.56. The molecule has 0 aliphatic heterocycles. The van der Waals surface area contributed by atoms with Crippen molar-refractivity contribution in [2.24, 2.45) is 0 Å². The molecule has 1 aromatic rings. The van der Waals surface area contributed by atoms with Crippen LogP contribution in [-0.2, 0) is 11.3 Å². The molecule has 1 rings (SSSR count). The first-order valence-corrected chi connectivity index (χ1v) is 6.14. The second-order valence-corrected chi connectivity index (χ2v) is 4.33. The minimum Gasteiger partial charge on any atom is -0.493 e. The zero-order valence-electron chi connectivity index (χ0n) is 11.2. The minimum absolute atomic E-state index is 0.170. The quantitative estimate of drug-likeness (QED) is 0.829. The highest BCUT2D eigenvalue weighted by Crippen LogP contribution is 2.37. The molecule has 1 unspecified atom stereocenters. The van der Waals surface area contributed by atoms with Crippen LogP contribution >= 0.6 is 11.6 Å². The van der Waals surface area contributed by atoms with Crippen molar-refractivity contribution < 1.29 is 14.2 Å². The van der Waals surface area contributed by atoms with Gasteiger partial charge >= 0.3 is 0 Å². The lowest BCUT2D eigenvalue weighted by Gasteiger charge is -2.14. The Kier molecular flexibility index (Phi) is 6.25. The van der Waals surface area contributed by atoms with Gasteiger partial charge in [-0.3, -0.25) is 0 Å². The lowest BCUT2D eigenvalue weighted by molar-refractivity contribution is 0.117. The second-order valence-electron chi connectivity index (χ2n) is 3.95. The smallest absolute Gasteiger partial charge is 0.179 e. The molecule has 5 heteroatoms. The lowest BCUT2D eigenvalue weighted by Crippen LogP contribution is -2.25. The molecule has 1 aromatic carbocycles. The molecule has 0 fully saturated rings. The average Bonchev–Trinajstić information content (AvgIpc) is 2.39. The van der Waals surface area contributed by atoms with Crippen LogP contribution in [0.3, 0.4) is 0 Å². The number of benzene rings is 1. The minimum atomic E-state index is 0.170. The largest absolute Gasteiger partial charge is 0.493 e. The van der Waals surface area contributed by atoms with Gasteiger partial charge in [0.2, 0.25) is 0 Å². The molecular weight excluding hydrogens is 254 g/mol. The van der Waals surface area contributed by atoms with E-state index in [1.807, 2.05) is 19.1 Å². The lowest BCUT2D eigenvalue weighted by atomic mass is 10.2. The van der Waals surface area contributed by atoms with Crippen LogP contribution in [0.1, 0.15) is 12.5 Å². The molecule has 1 N–H and O–H groups in total. The van der Waals surface area contributed by atoms with E-state index in [0.717, 1.165) is 12.1 Å². The third-order valence-electron chi connectivity index (χ3n) is 2.71. The van der Waals surface area contributed by atoms with Gasteiger partial charge in [0, 0.05) is 20.2 Å². The van der Waals surface area contributed by atoms with Crippen molar-refractivity contribution >= 4 is 11.6 Å². The van der Waals surface area contributed by atoms with E-state index in [0.29, 0.717) is 23.1 Å². The maximum absolute atomic E-state index is 6.27. The number of hydrogen-bond acceptors (Lipinski definition) is 4. The first-order valence-electron chi connectivity index (χ1n) is 5.76. The Morgan fingerprint density at radius 1 is 1.22 bits per heavy atom. The van der Waals surface area contributed by atoms with Gasteiger partial charge in [0.25, 0.3) is 0 Å². The van der Waals surface area contributed by atoms with E-state index >= 15 is 0 Å². The fraction of sp³-hybridized carbons (Fsp3) is 0.538. The van der Waals surface area contributed by atoms with E-state index in [1.165, 1.54) is 0 Å². The molecule has 18 heavy (non-hydrogen) atoms. The van der Waals surface area contributed by atoms with Crippen LogP contribution in [0.4, 0.5) is 0 Å². The van der Waals surface area contributed by atoms with E-state index in [-0.39, 0.29) is 6.10 Å². The van der Waals surface area contributed by atoms with Gasteiger partial charge in [0.1, 0.15) is 0 Å². The van der Waals surface area contributed by atoms with Crippen LogP contribution in [0.5, 0.6) is 11.5 Å². The highest BCUT2D eigenvalue weighted by molar-refractivity contribution is 6.33. The normalized spacial score (nSPS) is 12.3. The van der Waals surface area contributed by atoms with Crippen molar-refractivity contribution in [2.75, 3.05) is 27.9 Å². The standard InChI is InChI=1S/C13H20ClNO3/c1-9(16-2)7-15-8-10-5-6-11(17-3)13(18-4)12(10)14/h5-6,9,15H,7-8H2,1-4H3. The monoisotopic (exact) mass is 273 g/mol. The molecule has 4 nitrogen and oxygen atoms in total. The van der Waals surface area contributed by atoms with E-state index in [1.54, 1.807) is 21.3 Å². The van der Waals surface area contributed by atoms with Gasteiger partial charge in [0.05, 0.1) is 25.3 Å². The first-order chi connectivity index (χ1) is 8.63. The van der Waals surface area contributed by atoms with Gasteiger partial charge < -0.3 is 19.5 Å². The fourth-order valence-corrected chi connectivity index (χ4v) is 1.86. The van der Waals surface area contributed by atoms with E-state index in [2.05, 4.69) is 5.32 Å². The third-order valence-corrected chi connectivity index (χ3v) is 3.13. The number of methoxy groups -OCH3 is 3. The second kappa shape index (κ2) is 7.46. The van der Waals surface area contributed by atoms with Crippen molar-refractivity contribution in [3.05, 3.63) is 22.7 Å². The summed E-state index contributed by atoms with van der Waals surface area (Å²) in [6.07, 6.45) is 0.170. The molecule has 102 valence electrons. The summed E-state index contributed by atoms with van der Waals surface area (Å²) in [6, 6.07) is 3.77. The van der Waals surface area contributed by atoms with Gasteiger partial charge in [-0.1, -0.05) is 17.7 Å². The summed E-state index contributed by atoms with van der Waals surface area (Å²) in [6.45, 7) is 3.43. The molecule has 0 saturated carbocycles. The Labute approximate surface area is 113 Å². The first kappa shape index (κ1) is 15.1. The maximum atomic E-state index is 6.27. The molecule has 1 atom stereocenters. The summed E-state index contributed by atoms with van der Waals surface area (Å²) in [5, 5.41) is 3.85. The molecule has 0 bridgehead atoms. The SMILES string of the molecule is COc1ccc(CNCC(C)OC)c(Cl)c1OC. The Balaban J connectivity index is 2.72. The molecular formula is C13H20ClNO3. The van der Waals surface area contributed by atoms with Gasteiger partial charge in [-0.25, -0.2) is 0 Å². The summed E-state index contributed by atoms with van der Waals surface area (Å²) >= 11 is 6.27. The Hall–Kier alpha value is -0.970. The summed E-state index contributed by atoms with van der Waals surface area (Å²) in [4.78, 5) is 0. The Morgan fingerprint density at radius 2 is 1.94 bits per heavy atom. The summed E-state index contributed by atoms with van der Waals surface area (Å²) in [7, 11) is 4.86. The third kappa shape index (κ3) is 3.77. The average molecular weight is 274 g/mol. The number of halogens is 1. The van der Waals surface area contributed by atoms with Crippen LogP contribution in [0.2, 0.25) is 5.02 Å². The summed E-state index contributed by atoms with van der Waals surface area (Å²) in [5.41, 5.74) is 0.970. The van der Waals surface area contributed by atoms with Crippen LogP contribution in [-0.4, -0.2) is 34.0 Å². The van der Waals surface area contributed by atoms with Gasteiger partial charge in [-0.15, -0.1) is 0 Å². The van der Waals surface area contributed by atoms with Crippen LogP contribution < -0.4 is 14.8 Å². The zero-order chi connectivity index (χ0) is 13.5. The number of rotatable bonds is 7. The van der Waals surface area contributed by atoms with Gasteiger partial charge in [-0.05, 0) is 18.6 Å². The highest BCUT2D eigenvalue weighted by atomic mass is 35.5. The van der Waals surface area contributed by atoms with E-state index < -0.39 is 0 Å². The van der Waals surface area contributed by atoms with Crippen molar-refractivity contribution in [2.45, 2.75) is 19.6 Å². The van der Waals surface area contributed by atoms with Gasteiger partial charge in [-0.2, -0.15) is 0 Å². The molecule has 0 aliphatic carbocycles. The number of hydrogen-bond donors (Lipinski definition) is 1. The van der Waals surface area contributed by atoms with Crippen LogP contribution in [0, 0.1) is 0 Å². The molecule has 0 amide bonds. The summed E-state index contributed by atoms with van der Waals surface area (Å²) in [5.74, 6) is 1.20. The number of nitrogens with one attached hydrogen (secondary N) is 1. The maximum Gasteiger partial charge on any atom is 0.179 e. The topological polar surface area (TPSA) is 39.7 Å². The molecule has 0 saturated heterocycles. The van der Waals surface area contributed by atoms with E-state index in [9.17, 15) is 0 Å². The van der Waals surface area contributed by atoms with Crippen molar-refractivity contribution in [3.8, 4) is 11.5 Å². The molecule has 0 spiro atoms. The molecule has 0 heterocycles. The van der Waals surface area contributed by atoms with Crippen LogP contribution in [0.15, 0.2) is 12.1 Å². The Bertz CT molecular complexity index is 385. The van der Waals surface area contributed by atoms with E-state index in [4.69, 9.17) is 25.8 Å². The molecule has 0 aromatic heterocycles. The Morgan fingerprint density at radius 3 is 2.50 bits per heavy atom. The van der Waals surface area contributed by atoms with Crippen LogP contribution in [0.25, 0.3) is 0 Å². The highest BCUT2D eigenvalue weighted by Gasteiger charge is 2.12. The zero-order valence-corrected chi connectivity index (χ0v) is 12.0. The predicted octanol–water partition coefficient (Wildman–Crippen LogP) is 2.48. The molecule has 0 radical (unpaired) electrons. The van der Waals surface area contributed by atoms with Crippen molar-refractivity contribution in [3.63, 3.8) is 0 Å². The van der Waals surface area contributed by atoms with Crippen molar-refractivity contribution in [1.82, 2.24) is 5.32 Å². The number of ether oxygens (including phenoxy) is 3. The summed E-state index contributed by atoms with van der Waals surface area (Å²) < 4.78 is 15.6. The predicted molar refractivity (Wildman–Crippen MR) is 72.7 cm³/mol. The van der Waals surface area contributed by atoms with Gasteiger partial charge in [0.15, 0.2) is 11.5 Å².